The van der Waals surface area contributed by atoms with Crippen molar-refractivity contribution in [3.63, 3.8) is 0 Å². The van der Waals surface area contributed by atoms with Crippen LogP contribution in [0.2, 0.25) is 15.1 Å². The van der Waals surface area contributed by atoms with E-state index >= 15 is 0 Å². The Bertz CT molecular complexity index is 612. The maximum Gasteiger partial charge on any atom is 0.321 e. The number of nitrogens with one attached hydrogen (secondary N) is 2. The SMILES string of the molecule is O=C(NCOc1ccc(Cl)cc1)Nc1cc(Cl)cc(Cl)c1. The molecule has 2 N–H and O–H groups in total. The lowest BCUT2D eigenvalue weighted by Gasteiger charge is -2.10. The average Bonchev–Trinajstić information content (AvgIpc) is 2.39. The van der Waals surface area contributed by atoms with Crippen molar-refractivity contribution in [3.05, 3.63) is 57.5 Å². The largest absolute Gasteiger partial charge is 0.473 e. The molecular formula is C14H11Cl3N2O2. The number of ether oxygens (including phenoxy) is 1. The Balaban J connectivity index is 1.80. The Labute approximate surface area is 137 Å². The normalized spacial score (nSPS) is 10.0. The molecule has 0 saturated carbocycles. The predicted molar refractivity (Wildman–Crippen MR) is 85.6 cm³/mol. The Kier molecular flexibility index (Phi) is 5.56. The van der Waals surface area contributed by atoms with Gasteiger partial charge in [0, 0.05) is 20.8 Å². The standard InChI is InChI=1S/C14H11Cl3N2O2/c15-9-1-3-13(4-2-9)21-8-18-14(20)19-12-6-10(16)5-11(17)7-12/h1-7H,8H2,(H2,18,19,20). The van der Waals surface area contributed by atoms with E-state index in [4.69, 9.17) is 39.5 Å². The molecule has 0 aliphatic rings. The van der Waals surface area contributed by atoms with Crippen molar-refractivity contribution >= 4 is 46.5 Å². The van der Waals surface area contributed by atoms with E-state index in [0.29, 0.717) is 26.5 Å². The van der Waals surface area contributed by atoms with Gasteiger partial charge in [0.15, 0.2) is 6.73 Å². The van der Waals surface area contributed by atoms with Gasteiger partial charge >= 0.3 is 6.03 Å². The highest BCUT2D eigenvalue weighted by Crippen LogP contribution is 2.22. The van der Waals surface area contributed by atoms with Gasteiger partial charge < -0.3 is 15.4 Å². The highest BCUT2D eigenvalue weighted by atomic mass is 35.5. The third-order valence-electron chi connectivity index (χ3n) is 2.41. The summed E-state index contributed by atoms with van der Waals surface area (Å²) in [5.74, 6) is 0.602. The van der Waals surface area contributed by atoms with Crippen LogP contribution in [0.25, 0.3) is 0 Å². The van der Waals surface area contributed by atoms with E-state index in [-0.39, 0.29) is 6.73 Å². The number of rotatable bonds is 4. The molecule has 0 atom stereocenters. The minimum atomic E-state index is -0.428. The van der Waals surface area contributed by atoms with Gasteiger partial charge in [0.05, 0.1) is 0 Å². The van der Waals surface area contributed by atoms with E-state index in [9.17, 15) is 4.79 Å². The maximum atomic E-state index is 11.7. The lowest BCUT2D eigenvalue weighted by Crippen LogP contribution is -2.32. The molecule has 0 unspecified atom stereocenters. The molecule has 0 spiro atoms. The van der Waals surface area contributed by atoms with Gasteiger partial charge in [-0.25, -0.2) is 4.79 Å². The molecule has 0 bridgehead atoms. The van der Waals surface area contributed by atoms with Crippen LogP contribution < -0.4 is 15.4 Å². The first-order chi connectivity index (χ1) is 10.0. The summed E-state index contributed by atoms with van der Waals surface area (Å²) >= 11 is 17.4. The van der Waals surface area contributed by atoms with Crippen molar-refractivity contribution in [2.75, 3.05) is 12.0 Å². The van der Waals surface area contributed by atoms with Crippen molar-refractivity contribution in [1.29, 1.82) is 0 Å². The van der Waals surface area contributed by atoms with Gasteiger partial charge in [-0.3, -0.25) is 0 Å². The van der Waals surface area contributed by atoms with Crippen molar-refractivity contribution in [2.45, 2.75) is 0 Å². The molecule has 110 valence electrons. The molecule has 7 heteroatoms. The Hall–Kier alpha value is -1.62. The second-order valence-electron chi connectivity index (χ2n) is 4.03. The summed E-state index contributed by atoms with van der Waals surface area (Å²) < 4.78 is 5.33. The third-order valence-corrected chi connectivity index (χ3v) is 3.09. The number of urea groups is 1. The van der Waals surface area contributed by atoms with E-state index < -0.39 is 6.03 Å². The monoisotopic (exact) mass is 344 g/mol. The summed E-state index contributed by atoms with van der Waals surface area (Å²) in [5, 5.41) is 6.64. The molecule has 4 nitrogen and oxygen atoms in total. The summed E-state index contributed by atoms with van der Waals surface area (Å²) in [6, 6.07) is 11.1. The minimum Gasteiger partial charge on any atom is -0.473 e. The number of hydrogen-bond donors (Lipinski definition) is 2. The fourth-order valence-corrected chi connectivity index (χ4v) is 2.17. The van der Waals surface area contributed by atoms with Crippen molar-refractivity contribution in [1.82, 2.24) is 5.32 Å². The first-order valence-corrected chi connectivity index (χ1v) is 7.05. The molecule has 0 aromatic heterocycles. The minimum absolute atomic E-state index is 0.0156. The fourth-order valence-electron chi connectivity index (χ4n) is 1.52. The van der Waals surface area contributed by atoms with Crippen LogP contribution in [0.5, 0.6) is 5.75 Å². The number of hydrogen-bond acceptors (Lipinski definition) is 2. The summed E-state index contributed by atoms with van der Waals surface area (Å²) in [4.78, 5) is 11.7. The maximum absolute atomic E-state index is 11.7. The van der Waals surface area contributed by atoms with Gasteiger partial charge in [-0.1, -0.05) is 34.8 Å². The van der Waals surface area contributed by atoms with E-state index in [1.54, 1.807) is 42.5 Å². The lowest BCUT2D eigenvalue weighted by molar-refractivity contribution is 0.234. The number of amides is 2. The molecule has 0 heterocycles. The van der Waals surface area contributed by atoms with Gasteiger partial charge in [0.2, 0.25) is 0 Å². The first kappa shape index (κ1) is 15.8. The van der Waals surface area contributed by atoms with Gasteiger partial charge in [0.1, 0.15) is 5.75 Å². The molecule has 21 heavy (non-hydrogen) atoms. The van der Waals surface area contributed by atoms with E-state index in [0.717, 1.165) is 0 Å². The number of halogens is 3. The van der Waals surface area contributed by atoms with Crippen LogP contribution in [0.15, 0.2) is 42.5 Å². The van der Waals surface area contributed by atoms with Crippen LogP contribution in [-0.2, 0) is 0 Å². The van der Waals surface area contributed by atoms with Crippen LogP contribution >= 0.6 is 34.8 Å². The fraction of sp³-hybridized carbons (Fsp3) is 0.0714. The molecule has 0 fully saturated rings. The quantitative estimate of drug-likeness (QED) is 0.782. The Morgan fingerprint density at radius 1 is 0.952 bits per heavy atom. The molecule has 0 saturated heterocycles. The number of benzene rings is 2. The highest BCUT2D eigenvalue weighted by Gasteiger charge is 2.03. The van der Waals surface area contributed by atoms with Gasteiger partial charge in [0.25, 0.3) is 0 Å². The van der Waals surface area contributed by atoms with Crippen LogP contribution in [0, 0.1) is 0 Å². The van der Waals surface area contributed by atoms with Gasteiger partial charge in [-0.15, -0.1) is 0 Å². The van der Waals surface area contributed by atoms with E-state index in [1.807, 2.05) is 0 Å². The number of carbonyl (C=O) groups is 1. The molecule has 0 aliphatic carbocycles. The summed E-state index contributed by atoms with van der Waals surface area (Å²) in [7, 11) is 0. The lowest BCUT2D eigenvalue weighted by atomic mass is 10.3. The van der Waals surface area contributed by atoms with Crippen molar-refractivity contribution < 1.29 is 9.53 Å². The zero-order valence-corrected chi connectivity index (χ0v) is 13.0. The molecule has 2 aromatic rings. The van der Waals surface area contributed by atoms with Gasteiger partial charge in [-0.05, 0) is 42.5 Å². The molecule has 0 aliphatic heterocycles. The number of anilines is 1. The molecule has 2 amide bonds. The average molecular weight is 346 g/mol. The van der Waals surface area contributed by atoms with Crippen LogP contribution in [0.4, 0.5) is 10.5 Å². The number of carbonyl (C=O) groups excluding carboxylic acids is 1. The van der Waals surface area contributed by atoms with Crippen molar-refractivity contribution in [2.24, 2.45) is 0 Å². The second-order valence-corrected chi connectivity index (χ2v) is 5.34. The van der Waals surface area contributed by atoms with E-state index in [2.05, 4.69) is 10.6 Å². The zero-order valence-electron chi connectivity index (χ0n) is 10.7. The zero-order chi connectivity index (χ0) is 15.2. The Morgan fingerprint density at radius 3 is 2.19 bits per heavy atom. The summed E-state index contributed by atoms with van der Waals surface area (Å²) in [6.45, 7) is 0.0156. The van der Waals surface area contributed by atoms with E-state index in [1.165, 1.54) is 0 Å². The summed E-state index contributed by atoms with van der Waals surface area (Å²) in [5.41, 5.74) is 0.497. The second kappa shape index (κ2) is 7.41. The van der Waals surface area contributed by atoms with Gasteiger partial charge in [-0.2, -0.15) is 0 Å². The topological polar surface area (TPSA) is 50.4 Å². The molecule has 2 aromatic carbocycles. The van der Waals surface area contributed by atoms with Crippen LogP contribution in [0.1, 0.15) is 0 Å². The summed E-state index contributed by atoms with van der Waals surface area (Å²) in [6.07, 6.45) is 0. The molecular weight excluding hydrogens is 335 g/mol. The Morgan fingerprint density at radius 2 is 1.57 bits per heavy atom. The smallest absolute Gasteiger partial charge is 0.321 e. The molecule has 0 radical (unpaired) electrons. The molecule has 2 rings (SSSR count). The first-order valence-electron chi connectivity index (χ1n) is 5.92. The van der Waals surface area contributed by atoms with Crippen LogP contribution in [-0.4, -0.2) is 12.8 Å². The third kappa shape index (κ3) is 5.34. The predicted octanol–water partition coefficient (Wildman–Crippen LogP) is 4.80. The highest BCUT2D eigenvalue weighted by molar-refractivity contribution is 6.35. The van der Waals surface area contributed by atoms with Crippen molar-refractivity contribution in [3.8, 4) is 5.75 Å². The van der Waals surface area contributed by atoms with Crippen LogP contribution in [0.3, 0.4) is 0 Å².